The third-order valence-electron chi connectivity index (χ3n) is 2.72. The molecule has 1 aromatic rings. The van der Waals surface area contributed by atoms with Gasteiger partial charge in [0.05, 0.1) is 13.2 Å². The number of hydrogen-bond acceptors (Lipinski definition) is 4. The summed E-state index contributed by atoms with van der Waals surface area (Å²) in [5, 5.41) is 12.9. The Morgan fingerprint density at radius 3 is 2.72 bits per heavy atom. The first-order valence-corrected chi connectivity index (χ1v) is 6.29. The fraction of sp³-hybridized carbons (Fsp3) is 0.571. The van der Waals surface area contributed by atoms with Gasteiger partial charge in [0.1, 0.15) is 5.75 Å². The van der Waals surface area contributed by atoms with Gasteiger partial charge in [-0.1, -0.05) is 18.2 Å². The molecule has 2 N–H and O–H groups in total. The molecule has 0 aliphatic heterocycles. The Balaban J connectivity index is 2.25. The van der Waals surface area contributed by atoms with Gasteiger partial charge >= 0.3 is 0 Å². The minimum absolute atomic E-state index is 0.322. The Morgan fingerprint density at radius 1 is 1.33 bits per heavy atom. The minimum atomic E-state index is -0.322. The summed E-state index contributed by atoms with van der Waals surface area (Å²) in [5.41, 5.74) is 1.19. The largest absolute Gasteiger partial charge is 0.496 e. The molecule has 0 bridgehead atoms. The summed E-state index contributed by atoms with van der Waals surface area (Å²) in [6, 6.07) is 8.02. The molecule has 1 rings (SSSR count). The topological polar surface area (TPSA) is 44.7 Å². The lowest BCUT2D eigenvalue weighted by Crippen LogP contribution is -2.35. The van der Waals surface area contributed by atoms with Gasteiger partial charge in [0.25, 0.3) is 0 Å². The normalized spacial score (nSPS) is 12.7. The predicted molar refractivity (Wildman–Crippen MR) is 74.1 cm³/mol. The SMILES string of the molecule is COc1ccccc1CCNCC(O)CN(C)C. The molecule has 1 atom stereocenters. The molecule has 0 saturated heterocycles. The Labute approximate surface area is 110 Å². The lowest BCUT2D eigenvalue weighted by molar-refractivity contribution is 0.135. The van der Waals surface area contributed by atoms with E-state index in [1.807, 2.05) is 37.2 Å². The molecule has 4 heteroatoms. The maximum atomic E-state index is 9.69. The highest BCUT2D eigenvalue weighted by atomic mass is 16.5. The van der Waals surface area contributed by atoms with E-state index in [-0.39, 0.29) is 6.10 Å². The molecule has 0 radical (unpaired) electrons. The summed E-state index contributed by atoms with van der Waals surface area (Å²) in [5.74, 6) is 0.924. The number of benzene rings is 1. The summed E-state index contributed by atoms with van der Waals surface area (Å²) in [6.45, 7) is 2.14. The maximum Gasteiger partial charge on any atom is 0.122 e. The molecule has 0 amide bonds. The first kappa shape index (κ1) is 15.0. The van der Waals surface area contributed by atoms with Crippen LogP contribution in [0.3, 0.4) is 0 Å². The molecular formula is C14H24N2O2. The van der Waals surface area contributed by atoms with E-state index in [9.17, 15) is 5.11 Å². The average molecular weight is 252 g/mol. The van der Waals surface area contributed by atoms with Crippen molar-refractivity contribution in [2.45, 2.75) is 12.5 Å². The molecule has 0 heterocycles. The Hall–Kier alpha value is -1.10. The average Bonchev–Trinajstić information content (AvgIpc) is 2.34. The highest BCUT2D eigenvalue weighted by Gasteiger charge is 2.05. The second-order valence-electron chi connectivity index (χ2n) is 4.68. The van der Waals surface area contributed by atoms with E-state index in [4.69, 9.17) is 4.74 Å². The highest BCUT2D eigenvalue weighted by Crippen LogP contribution is 2.17. The van der Waals surface area contributed by atoms with Crippen molar-refractivity contribution in [3.63, 3.8) is 0 Å². The number of aliphatic hydroxyl groups excluding tert-OH is 1. The second kappa shape index (κ2) is 8.08. The van der Waals surface area contributed by atoms with Crippen LogP contribution < -0.4 is 10.1 Å². The van der Waals surface area contributed by atoms with Crippen molar-refractivity contribution >= 4 is 0 Å². The maximum absolute atomic E-state index is 9.69. The zero-order valence-corrected chi connectivity index (χ0v) is 11.5. The number of para-hydroxylation sites is 1. The smallest absolute Gasteiger partial charge is 0.122 e. The summed E-state index contributed by atoms with van der Waals surface area (Å²) >= 11 is 0. The van der Waals surface area contributed by atoms with E-state index in [1.54, 1.807) is 7.11 Å². The molecule has 0 spiro atoms. The first-order chi connectivity index (χ1) is 8.63. The van der Waals surface area contributed by atoms with Crippen LogP contribution in [0.4, 0.5) is 0 Å². The summed E-state index contributed by atoms with van der Waals surface area (Å²) in [4.78, 5) is 1.98. The van der Waals surface area contributed by atoms with Crippen LogP contribution in [-0.2, 0) is 6.42 Å². The molecular weight excluding hydrogens is 228 g/mol. The number of hydrogen-bond donors (Lipinski definition) is 2. The van der Waals surface area contributed by atoms with Crippen molar-refractivity contribution in [3.8, 4) is 5.75 Å². The highest BCUT2D eigenvalue weighted by molar-refractivity contribution is 5.33. The molecule has 102 valence electrons. The number of likely N-dealkylation sites (N-methyl/N-ethyl adjacent to an activating group) is 1. The monoisotopic (exact) mass is 252 g/mol. The minimum Gasteiger partial charge on any atom is -0.496 e. The molecule has 0 aliphatic carbocycles. The van der Waals surface area contributed by atoms with E-state index in [2.05, 4.69) is 11.4 Å². The number of rotatable bonds is 8. The van der Waals surface area contributed by atoms with Crippen LogP contribution in [0.2, 0.25) is 0 Å². The fourth-order valence-corrected chi connectivity index (χ4v) is 1.89. The molecule has 0 aliphatic rings. The van der Waals surface area contributed by atoms with Crippen molar-refractivity contribution in [3.05, 3.63) is 29.8 Å². The van der Waals surface area contributed by atoms with Crippen LogP contribution in [0.15, 0.2) is 24.3 Å². The van der Waals surface area contributed by atoms with Gasteiger partial charge in [-0.3, -0.25) is 0 Å². The lowest BCUT2D eigenvalue weighted by Gasteiger charge is -2.16. The third kappa shape index (κ3) is 5.49. The third-order valence-corrected chi connectivity index (χ3v) is 2.72. The lowest BCUT2D eigenvalue weighted by atomic mass is 10.1. The van der Waals surface area contributed by atoms with Gasteiger partial charge in [0.2, 0.25) is 0 Å². The van der Waals surface area contributed by atoms with Crippen LogP contribution in [0.1, 0.15) is 5.56 Å². The molecule has 4 nitrogen and oxygen atoms in total. The van der Waals surface area contributed by atoms with Gasteiger partial charge in [-0.25, -0.2) is 0 Å². The zero-order chi connectivity index (χ0) is 13.4. The van der Waals surface area contributed by atoms with E-state index >= 15 is 0 Å². The zero-order valence-electron chi connectivity index (χ0n) is 11.5. The van der Waals surface area contributed by atoms with Crippen molar-refractivity contribution in [2.24, 2.45) is 0 Å². The van der Waals surface area contributed by atoms with Gasteiger partial charge in [0, 0.05) is 13.1 Å². The van der Waals surface area contributed by atoms with Gasteiger partial charge in [-0.15, -0.1) is 0 Å². The fourth-order valence-electron chi connectivity index (χ4n) is 1.89. The summed E-state index contributed by atoms with van der Waals surface area (Å²) < 4.78 is 5.29. The molecule has 0 aromatic heterocycles. The number of methoxy groups -OCH3 is 1. The molecule has 18 heavy (non-hydrogen) atoms. The van der Waals surface area contributed by atoms with Crippen LogP contribution in [0.25, 0.3) is 0 Å². The van der Waals surface area contributed by atoms with Gasteiger partial charge < -0.3 is 20.1 Å². The van der Waals surface area contributed by atoms with E-state index < -0.39 is 0 Å². The summed E-state index contributed by atoms with van der Waals surface area (Å²) in [7, 11) is 5.60. The molecule has 1 unspecified atom stereocenters. The number of nitrogens with zero attached hydrogens (tertiary/aromatic N) is 1. The van der Waals surface area contributed by atoms with Gasteiger partial charge in [-0.05, 0) is 38.7 Å². The molecule has 0 fully saturated rings. The number of nitrogens with one attached hydrogen (secondary N) is 1. The predicted octanol–water partition coefficient (Wildman–Crippen LogP) is 0.750. The van der Waals surface area contributed by atoms with E-state index in [1.165, 1.54) is 5.56 Å². The Kier molecular flexibility index (Phi) is 6.72. The van der Waals surface area contributed by atoms with Crippen LogP contribution in [-0.4, -0.2) is 56.9 Å². The van der Waals surface area contributed by atoms with Crippen LogP contribution >= 0.6 is 0 Å². The van der Waals surface area contributed by atoms with Crippen LogP contribution in [0.5, 0.6) is 5.75 Å². The van der Waals surface area contributed by atoms with E-state index in [0.29, 0.717) is 13.1 Å². The Morgan fingerprint density at radius 2 is 2.06 bits per heavy atom. The quantitative estimate of drug-likeness (QED) is 0.670. The van der Waals surface area contributed by atoms with Gasteiger partial charge in [0.15, 0.2) is 0 Å². The molecule has 0 saturated carbocycles. The number of aliphatic hydroxyl groups is 1. The van der Waals surface area contributed by atoms with Crippen molar-refractivity contribution in [1.82, 2.24) is 10.2 Å². The second-order valence-corrected chi connectivity index (χ2v) is 4.68. The van der Waals surface area contributed by atoms with Crippen LogP contribution in [0, 0.1) is 0 Å². The first-order valence-electron chi connectivity index (χ1n) is 6.29. The summed E-state index contributed by atoms with van der Waals surface area (Å²) in [6.07, 6.45) is 0.580. The van der Waals surface area contributed by atoms with Crippen molar-refractivity contribution < 1.29 is 9.84 Å². The molecule has 1 aromatic carbocycles. The Bertz CT molecular complexity index is 342. The van der Waals surface area contributed by atoms with Crippen molar-refractivity contribution in [1.29, 1.82) is 0 Å². The van der Waals surface area contributed by atoms with E-state index in [0.717, 1.165) is 18.7 Å². The van der Waals surface area contributed by atoms with Crippen molar-refractivity contribution in [2.75, 3.05) is 40.8 Å². The standard InChI is InChI=1S/C14H24N2O2/c1-16(2)11-13(17)10-15-9-8-12-6-4-5-7-14(12)18-3/h4-7,13,15,17H,8-11H2,1-3H3. The van der Waals surface area contributed by atoms with Gasteiger partial charge in [-0.2, -0.15) is 0 Å². The number of ether oxygens (including phenoxy) is 1.